The highest BCUT2D eigenvalue weighted by molar-refractivity contribution is 7.99. The maximum Gasteiger partial charge on any atom is 0.243 e. The van der Waals surface area contributed by atoms with Crippen molar-refractivity contribution in [2.24, 2.45) is 0 Å². The number of benzene rings is 2. The van der Waals surface area contributed by atoms with Gasteiger partial charge in [0.25, 0.3) is 0 Å². The van der Waals surface area contributed by atoms with Gasteiger partial charge in [-0.1, -0.05) is 30.3 Å². The largest absolute Gasteiger partial charge is 0.325 e. The predicted molar refractivity (Wildman–Crippen MR) is 134 cm³/mol. The van der Waals surface area contributed by atoms with Crippen LogP contribution in [0, 0.1) is 20.8 Å². The van der Waals surface area contributed by atoms with Crippen LogP contribution in [0.3, 0.4) is 0 Å². The van der Waals surface area contributed by atoms with Crippen molar-refractivity contribution in [2.75, 3.05) is 24.2 Å². The van der Waals surface area contributed by atoms with Gasteiger partial charge in [0.15, 0.2) is 5.16 Å². The van der Waals surface area contributed by atoms with E-state index in [4.69, 9.17) is 0 Å². The standard InChI is InChI=1S/C24H29N5O3S2/c1-17-7-9-20(13-19(17)3)29-16-25-27-24(29)33-15-23(30)26-22-14-21(10-8-18(22)2)34(31,32)28-11-5-4-6-12-28/h7-10,13-14,16H,4-6,11-12,15H2,1-3H3,(H,26,30). The maximum absolute atomic E-state index is 13.0. The van der Waals surface area contributed by atoms with E-state index in [1.165, 1.54) is 21.6 Å². The van der Waals surface area contributed by atoms with E-state index in [1.54, 1.807) is 24.5 Å². The van der Waals surface area contributed by atoms with Gasteiger partial charge in [0.05, 0.1) is 10.6 Å². The molecule has 10 heteroatoms. The van der Waals surface area contributed by atoms with E-state index in [2.05, 4.69) is 28.5 Å². The van der Waals surface area contributed by atoms with Crippen molar-refractivity contribution < 1.29 is 13.2 Å². The normalized spacial score (nSPS) is 14.8. The van der Waals surface area contributed by atoms with E-state index < -0.39 is 10.0 Å². The molecule has 0 saturated carbocycles. The van der Waals surface area contributed by atoms with Gasteiger partial charge >= 0.3 is 0 Å². The molecule has 2 aromatic carbocycles. The van der Waals surface area contributed by atoms with E-state index in [-0.39, 0.29) is 16.6 Å². The molecule has 0 radical (unpaired) electrons. The van der Waals surface area contributed by atoms with E-state index >= 15 is 0 Å². The van der Waals surface area contributed by atoms with Gasteiger partial charge in [-0.3, -0.25) is 9.36 Å². The van der Waals surface area contributed by atoms with Crippen LogP contribution in [-0.2, 0) is 14.8 Å². The molecule has 0 bridgehead atoms. The first-order valence-corrected chi connectivity index (χ1v) is 13.7. The van der Waals surface area contributed by atoms with Crippen molar-refractivity contribution in [2.45, 2.75) is 50.1 Å². The fourth-order valence-corrected chi connectivity index (χ4v) is 6.12. The van der Waals surface area contributed by atoms with Crippen molar-refractivity contribution in [1.82, 2.24) is 19.1 Å². The number of anilines is 1. The van der Waals surface area contributed by atoms with Gasteiger partial charge in [0.2, 0.25) is 15.9 Å². The summed E-state index contributed by atoms with van der Waals surface area (Å²) in [6.07, 6.45) is 4.43. The van der Waals surface area contributed by atoms with E-state index in [0.29, 0.717) is 23.9 Å². The monoisotopic (exact) mass is 499 g/mol. The lowest BCUT2D eigenvalue weighted by atomic mass is 10.1. The van der Waals surface area contributed by atoms with Crippen molar-refractivity contribution >= 4 is 33.4 Å². The Balaban J connectivity index is 1.45. The Morgan fingerprint density at radius 1 is 1.00 bits per heavy atom. The Hall–Kier alpha value is -2.69. The smallest absolute Gasteiger partial charge is 0.243 e. The van der Waals surface area contributed by atoms with Gasteiger partial charge in [-0.05, 0) is 74.6 Å². The summed E-state index contributed by atoms with van der Waals surface area (Å²) in [5, 5.41) is 11.6. The topological polar surface area (TPSA) is 97.2 Å². The van der Waals surface area contributed by atoms with Crippen molar-refractivity contribution in [3.8, 4) is 5.69 Å². The molecule has 180 valence electrons. The molecular formula is C24H29N5O3S2. The Labute approximate surface area is 204 Å². The van der Waals surface area contributed by atoms with E-state index in [0.717, 1.165) is 36.1 Å². The van der Waals surface area contributed by atoms with Crippen LogP contribution >= 0.6 is 11.8 Å². The van der Waals surface area contributed by atoms with Crippen LogP contribution in [0.25, 0.3) is 5.69 Å². The molecule has 1 fully saturated rings. The first-order chi connectivity index (χ1) is 16.3. The Bertz CT molecular complexity index is 1300. The number of amides is 1. The number of carbonyl (C=O) groups is 1. The highest BCUT2D eigenvalue weighted by Gasteiger charge is 2.26. The lowest BCUT2D eigenvalue weighted by Gasteiger charge is -2.26. The summed E-state index contributed by atoms with van der Waals surface area (Å²) < 4.78 is 29.4. The van der Waals surface area contributed by atoms with Crippen LogP contribution in [0.2, 0.25) is 0 Å². The van der Waals surface area contributed by atoms with E-state index in [9.17, 15) is 13.2 Å². The number of aryl methyl sites for hydroxylation is 3. The molecule has 1 amide bonds. The number of rotatable bonds is 7. The third kappa shape index (κ3) is 5.34. The highest BCUT2D eigenvalue weighted by Crippen LogP contribution is 2.26. The van der Waals surface area contributed by atoms with E-state index in [1.807, 2.05) is 30.5 Å². The van der Waals surface area contributed by atoms with Crippen molar-refractivity contribution in [3.05, 3.63) is 59.4 Å². The zero-order valence-electron chi connectivity index (χ0n) is 19.6. The molecule has 34 heavy (non-hydrogen) atoms. The summed E-state index contributed by atoms with van der Waals surface area (Å²) in [7, 11) is -3.57. The van der Waals surface area contributed by atoms with Gasteiger partial charge in [0.1, 0.15) is 6.33 Å². The molecular weight excluding hydrogens is 470 g/mol. The fourth-order valence-electron chi connectivity index (χ4n) is 3.84. The molecule has 1 aliphatic rings. The fraction of sp³-hybridized carbons (Fsp3) is 0.375. The Kier molecular flexibility index (Phi) is 7.39. The van der Waals surface area contributed by atoms with Crippen LogP contribution in [0.1, 0.15) is 36.0 Å². The lowest BCUT2D eigenvalue weighted by Crippen LogP contribution is -2.35. The second kappa shape index (κ2) is 10.3. The Morgan fingerprint density at radius 3 is 2.47 bits per heavy atom. The molecule has 0 spiro atoms. The summed E-state index contributed by atoms with van der Waals surface area (Å²) >= 11 is 1.28. The minimum Gasteiger partial charge on any atom is -0.325 e. The average molecular weight is 500 g/mol. The molecule has 3 aromatic rings. The van der Waals surface area contributed by atoms with Gasteiger partial charge in [-0.2, -0.15) is 4.31 Å². The number of nitrogens with zero attached hydrogens (tertiary/aromatic N) is 4. The molecule has 1 saturated heterocycles. The molecule has 0 atom stereocenters. The number of thioether (sulfide) groups is 1. The van der Waals surface area contributed by atoms with Crippen LogP contribution in [0.5, 0.6) is 0 Å². The second-order valence-corrected chi connectivity index (χ2v) is 11.4. The highest BCUT2D eigenvalue weighted by atomic mass is 32.2. The summed E-state index contributed by atoms with van der Waals surface area (Å²) in [6, 6.07) is 11.0. The minimum atomic E-state index is -3.57. The van der Waals surface area contributed by atoms with Crippen molar-refractivity contribution in [3.63, 3.8) is 0 Å². The SMILES string of the molecule is Cc1ccc(-n2cnnc2SCC(=O)Nc2cc(S(=O)(=O)N3CCCCC3)ccc2C)cc1C. The van der Waals surface area contributed by atoms with Gasteiger partial charge in [-0.25, -0.2) is 8.42 Å². The number of hydrogen-bond acceptors (Lipinski definition) is 6. The second-order valence-electron chi connectivity index (χ2n) is 8.53. The average Bonchev–Trinajstić information content (AvgIpc) is 3.30. The molecule has 1 aromatic heterocycles. The summed E-state index contributed by atoms with van der Waals surface area (Å²) in [4.78, 5) is 12.9. The third-order valence-corrected chi connectivity index (χ3v) is 8.89. The molecule has 1 aliphatic heterocycles. The van der Waals surface area contributed by atoms with Gasteiger partial charge in [-0.15, -0.1) is 10.2 Å². The molecule has 1 N–H and O–H groups in total. The van der Waals surface area contributed by atoms with Crippen LogP contribution in [-0.4, -0.2) is 52.2 Å². The number of piperidine rings is 1. The summed E-state index contributed by atoms with van der Waals surface area (Å²) in [5.41, 5.74) is 4.59. The molecule has 4 rings (SSSR count). The number of hydrogen-bond donors (Lipinski definition) is 1. The van der Waals surface area contributed by atoms with Crippen LogP contribution < -0.4 is 5.32 Å². The zero-order chi connectivity index (χ0) is 24.3. The van der Waals surface area contributed by atoms with Gasteiger partial charge < -0.3 is 5.32 Å². The lowest BCUT2D eigenvalue weighted by molar-refractivity contribution is -0.113. The minimum absolute atomic E-state index is 0.117. The van der Waals surface area contributed by atoms with Crippen LogP contribution in [0.4, 0.5) is 5.69 Å². The van der Waals surface area contributed by atoms with Crippen molar-refractivity contribution in [1.29, 1.82) is 0 Å². The maximum atomic E-state index is 13.0. The zero-order valence-corrected chi connectivity index (χ0v) is 21.2. The summed E-state index contributed by atoms with van der Waals surface area (Å²) in [5.74, 6) is -0.123. The number of nitrogens with one attached hydrogen (secondary N) is 1. The first-order valence-electron chi connectivity index (χ1n) is 11.3. The third-order valence-electron chi connectivity index (χ3n) is 6.05. The molecule has 0 aliphatic carbocycles. The number of aromatic nitrogens is 3. The molecule has 0 unspecified atom stereocenters. The number of sulfonamides is 1. The quantitative estimate of drug-likeness (QED) is 0.492. The number of carbonyl (C=O) groups excluding carboxylic acids is 1. The first kappa shape index (κ1) is 24.4. The predicted octanol–water partition coefficient (Wildman–Crippen LogP) is 4.10. The van der Waals surface area contributed by atoms with Crippen LogP contribution in [0.15, 0.2) is 52.8 Å². The Morgan fingerprint density at radius 2 is 1.74 bits per heavy atom. The molecule has 2 heterocycles. The molecule has 8 nitrogen and oxygen atoms in total. The van der Waals surface area contributed by atoms with Gasteiger partial charge in [0, 0.05) is 24.5 Å². The summed E-state index contributed by atoms with van der Waals surface area (Å²) in [6.45, 7) is 7.02.